The summed E-state index contributed by atoms with van der Waals surface area (Å²) in [5, 5.41) is 0. The van der Waals surface area contributed by atoms with E-state index in [4.69, 9.17) is 9.47 Å². The van der Waals surface area contributed by atoms with Crippen molar-refractivity contribution < 1.29 is 19.1 Å². The van der Waals surface area contributed by atoms with Gasteiger partial charge >= 0.3 is 11.9 Å². The number of unbranched alkanes of at least 4 members (excludes halogenated alkanes) is 9. The van der Waals surface area contributed by atoms with Gasteiger partial charge in [0.1, 0.15) is 0 Å². The highest BCUT2D eigenvalue weighted by atomic mass is 16.5. The summed E-state index contributed by atoms with van der Waals surface area (Å²) in [5.41, 5.74) is 0. The second kappa shape index (κ2) is 17.1. The van der Waals surface area contributed by atoms with Crippen molar-refractivity contribution in [3.05, 3.63) is 0 Å². The number of rotatable bonds is 17. The molecular weight excluding hydrogens is 340 g/mol. The Balaban J connectivity index is 1.81. The predicted molar refractivity (Wildman–Crippen MR) is 110 cm³/mol. The third kappa shape index (κ3) is 14.6. The van der Waals surface area contributed by atoms with Crippen LogP contribution in [0, 0.1) is 5.92 Å². The first-order chi connectivity index (χ1) is 13.2. The van der Waals surface area contributed by atoms with E-state index in [9.17, 15) is 9.59 Å². The molecule has 0 heterocycles. The van der Waals surface area contributed by atoms with Crippen LogP contribution in [-0.4, -0.2) is 25.2 Å². The summed E-state index contributed by atoms with van der Waals surface area (Å²) < 4.78 is 10.6. The van der Waals surface area contributed by atoms with Crippen molar-refractivity contribution >= 4 is 11.9 Å². The zero-order valence-electron chi connectivity index (χ0n) is 17.6. The zero-order valence-corrected chi connectivity index (χ0v) is 17.6. The maximum atomic E-state index is 11.7. The zero-order chi connectivity index (χ0) is 19.6. The molecule has 0 bridgehead atoms. The van der Waals surface area contributed by atoms with Crippen LogP contribution < -0.4 is 0 Å². The summed E-state index contributed by atoms with van der Waals surface area (Å²) in [7, 11) is 0. The van der Waals surface area contributed by atoms with E-state index in [1.54, 1.807) is 0 Å². The van der Waals surface area contributed by atoms with Gasteiger partial charge in [-0.25, -0.2) is 0 Å². The third-order valence-corrected chi connectivity index (χ3v) is 5.48. The van der Waals surface area contributed by atoms with Gasteiger partial charge in [-0.1, -0.05) is 71.1 Å². The van der Waals surface area contributed by atoms with Crippen molar-refractivity contribution in [3.8, 4) is 0 Å². The molecule has 158 valence electrons. The largest absolute Gasteiger partial charge is 0.466 e. The van der Waals surface area contributed by atoms with Gasteiger partial charge in [-0.2, -0.15) is 0 Å². The van der Waals surface area contributed by atoms with Crippen LogP contribution in [-0.2, 0) is 19.1 Å². The van der Waals surface area contributed by atoms with Gasteiger partial charge in [0.25, 0.3) is 0 Å². The van der Waals surface area contributed by atoms with Gasteiger partial charge in [0.05, 0.1) is 13.2 Å². The molecule has 0 radical (unpaired) electrons. The normalized spacial score (nSPS) is 14.4. The maximum Gasteiger partial charge on any atom is 0.305 e. The molecule has 0 N–H and O–H groups in total. The van der Waals surface area contributed by atoms with Crippen molar-refractivity contribution in [2.24, 2.45) is 5.92 Å². The number of carbonyl (C=O) groups is 2. The molecule has 27 heavy (non-hydrogen) atoms. The minimum Gasteiger partial charge on any atom is -0.466 e. The average molecular weight is 383 g/mol. The van der Waals surface area contributed by atoms with Gasteiger partial charge in [0.2, 0.25) is 0 Å². The monoisotopic (exact) mass is 382 g/mol. The Morgan fingerprint density at radius 1 is 0.704 bits per heavy atom. The van der Waals surface area contributed by atoms with Crippen LogP contribution in [0.3, 0.4) is 0 Å². The van der Waals surface area contributed by atoms with E-state index in [2.05, 4.69) is 6.92 Å². The summed E-state index contributed by atoms with van der Waals surface area (Å²) in [6.07, 6.45) is 18.5. The fraction of sp³-hybridized carbons (Fsp3) is 0.913. The van der Waals surface area contributed by atoms with E-state index in [0.29, 0.717) is 44.8 Å². The molecule has 1 rings (SSSR count). The lowest BCUT2D eigenvalue weighted by Gasteiger charge is -2.09. The molecule has 0 spiro atoms. The van der Waals surface area contributed by atoms with Crippen LogP contribution in [0.25, 0.3) is 0 Å². The number of ether oxygens (including phenoxy) is 2. The lowest BCUT2D eigenvalue weighted by Crippen LogP contribution is -2.12. The van der Waals surface area contributed by atoms with Gasteiger partial charge in [0, 0.05) is 12.8 Å². The second-order valence-electron chi connectivity index (χ2n) is 8.09. The van der Waals surface area contributed by atoms with Crippen molar-refractivity contribution in [2.75, 3.05) is 13.2 Å². The maximum absolute atomic E-state index is 11.7. The highest BCUT2D eigenvalue weighted by molar-refractivity contribution is 5.70. The topological polar surface area (TPSA) is 52.6 Å². The molecule has 0 aromatic heterocycles. The Labute approximate surface area is 166 Å². The van der Waals surface area contributed by atoms with Crippen molar-refractivity contribution in [1.29, 1.82) is 0 Å². The van der Waals surface area contributed by atoms with Crippen molar-refractivity contribution in [2.45, 2.75) is 116 Å². The lowest BCUT2D eigenvalue weighted by atomic mass is 10.1. The van der Waals surface area contributed by atoms with Gasteiger partial charge < -0.3 is 9.47 Å². The Bertz CT molecular complexity index is 375. The number of carbonyl (C=O) groups excluding carboxylic acids is 2. The highest BCUT2D eigenvalue weighted by Gasteiger charge is 2.16. The molecule has 0 aromatic rings. The minimum absolute atomic E-state index is 0.120. The molecule has 0 unspecified atom stereocenters. The summed E-state index contributed by atoms with van der Waals surface area (Å²) in [4.78, 5) is 23.4. The number of esters is 2. The van der Waals surface area contributed by atoms with Crippen LogP contribution in [0.15, 0.2) is 0 Å². The third-order valence-electron chi connectivity index (χ3n) is 5.48. The summed E-state index contributed by atoms with van der Waals surface area (Å²) >= 11 is 0. The molecule has 1 aliphatic carbocycles. The summed E-state index contributed by atoms with van der Waals surface area (Å²) in [6, 6.07) is 0. The predicted octanol–water partition coefficient (Wildman–Crippen LogP) is 6.35. The molecule has 0 aliphatic heterocycles. The molecule has 0 amide bonds. The first-order valence-corrected chi connectivity index (χ1v) is 11.5. The average Bonchev–Trinajstić information content (AvgIpc) is 3.19. The van der Waals surface area contributed by atoms with E-state index in [1.807, 2.05) is 0 Å². The Morgan fingerprint density at radius 3 is 1.81 bits per heavy atom. The van der Waals surface area contributed by atoms with Crippen LogP contribution in [0.2, 0.25) is 0 Å². The lowest BCUT2D eigenvalue weighted by molar-refractivity contribution is -0.146. The Morgan fingerprint density at radius 2 is 1.22 bits per heavy atom. The van der Waals surface area contributed by atoms with E-state index >= 15 is 0 Å². The standard InChI is InChI=1S/C23H42O4/c1-2-3-4-5-6-7-8-9-14-19-26-22(24)17-12-13-18-23(25)27-20-21-15-10-11-16-21/h21H,2-20H2,1H3. The van der Waals surface area contributed by atoms with Crippen molar-refractivity contribution in [1.82, 2.24) is 0 Å². The van der Waals surface area contributed by atoms with Gasteiger partial charge in [-0.3, -0.25) is 9.59 Å². The van der Waals surface area contributed by atoms with Gasteiger partial charge in [-0.15, -0.1) is 0 Å². The summed E-state index contributed by atoms with van der Waals surface area (Å²) in [5.74, 6) is 0.323. The smallest absolute Gasteiger partial charge is 0.305 e. The molecule has 4 heteroatoms. The van der Waals surface area contributed by atoms with E-state index in [-0.39, 0.29) is 11.9 Å². The van der Waals surface area contributed by atoms with Crippen LogP contribution in [0.1, 0.15) is 116 Å². The second-order valence-corrected chi connectivity index (χ2v) is 8.09. The SMILES string of the molecule is CCCCCCCCCCCOC(=O)CCCCC(=O)OCC1CCCC1. The molecule has 0 saturated heterocycles. The van der Waals surface area contributed by atoms with E-state index < -0.39 is 0 Å². The van der Waals surface area contributed by atoms with E-state index in [1.165, 1.54) is 70.6 Å². The molecule has 1 saturated carbocycles. The molecule has 0 atom stereocenters. The highest BCUT2D eigenvalue weighted by Crippen LogP contribution is 2.24. The molecule has 1 aliphatic rings. The van der Waals surface area contributed by atoms with Gasteiger partial charge in [-0.05, 0) is 38.0 Å². The van der Waals surface area contributed by atoms with E-state index in [0.717, 1.165) is 12.8 Å². The quantitative estimate of drug-likeness (QED) is 0.217. The summed E-state index contributed by atoms with van der Waals surface area (Å²) in [6.45, 7) is 3.37. The number of hydrogen-bond acceptors (Lipinski definition) is 4. The van der Waals surface area contributed by atoms with Crippen LogP contribution >= 0.6 is 0 Å². The molecular formula is C23H42O4. The molecule has 1 fully saturated rings. The first-order valence-electron chi connectivity index (χ1n) is 11.5. The van der Waals surface area contributed by atoms with Gasteiger partial charge in [0.15, 0.2) is 0 Å². The minimum atomic E-state index is -0.131. The van der Waals surface area contributed by atoms with Crippen molar-refractivity contribution in [3.63, 3.8) is 0 Å². The first kappa shape index (κ1) is 24.0. The Kier molecular flexibility index (Phi) is 15.2. The Hall–Kier alpha value is -1.06. The van der Waals surface area contributed by atoms with Crippen LogP contribution in [0.4, 0.5) is 0 Å². The molecule has 0 aromatic carbocycles. The fourth-order valence-electron chi connectivity index (χ4n) is 3.67. The molecule has 4 nitrogen and oxygen atoms in total. The number of hydrogen-bond donors (Lipinski definition) is 0. The van der Waals surface area contributed by atoms with Crippen LogP contribution in [0.5, 0.6) is 0 Å². The fourth-order valence-corrected chi connectivity index (χ4v) is 3.67.